The van der Waals surface area contributed by atoms with E-state index in [0.717, 1.165) is 0 Å². The highest BCUT2D eigenvalue weighted by molar-refractivity contribution is 5.86. The lowest BCUT2D eigenvalue weighted by atomic mass is 10.1. The number of urea groups is 1. The number of carboxylic acid groups (broad SMARTS) is 1. The highest BCUT2D eigenvalue weighted by Gasteiger charge is 2.29. The van der Waals surface area contributed by atoms with Gasteiger partial charge in [-0.25, -0.2) is 4.79 Å². The normalized spacial score (nSPS) is 17.9. The van der Waals surface area contributed by atoms with Gasteiger partial charge in [0.1, 0.15) is 6.54 Å². The molecule has 1 saturated heterocycles. The topological polar surface area (TPSA) is 142 Å². The Balaban J connectivity index is 2.27. The van der Waals surface area contributed by atoms with E-state index in [0.29, 0.717) is 13.0 Å². The van der Waals surface area contributed by atoms with Gasteiger partial charge in [-0.1, -0.05) is 0 Å². The Morgan fingerprint density at radius 2 is 1.89 bits per heavy atom. The van der Waals surface area contributed by atoms with Gasteiger partial charge < -0.3 is 26.4 Å². The summed E-state index contributed by atoms with van der Waals surface area (Å²) in [6.07, 6.45) is 0.508. The fraction of sp³-hybridized carbons (Fsp3) is 0.600. The Kier molecular flexibility index (Phi) is 5.10. The quantitative estimate of drug-likeness (QED) is 0.445. The third kappa shape index (κ3) is 4.82. The Morgan fingerprint density at radius 3 is 2.42 bits per heavy atom. The number of nitrogens with zero attached hydrogens (tertiary/aromatic N) is 1. The number of amides is 4. The summed E-state index contributed by atoms with van der Waals surface area (Å²) in [7, 11) is 0. The minimum atomic E-state index is -1.16. The number of carbonyl (C=O) groups excluding carboxylic acids is 3. The van der Waals surface area contributed by atoms with Gasteiger partial charge in [-0.3, -0.25) is 14.4 Å². The molecule has 0 aromatic carbocycles. The first-order valence-corrected chi connectivity index (χ1v) is 5.70. The lowest BCUT2D eigenvalue weighted by molar-refractivity contribution is -0.137. The molecule has 0 aromatic rings. The van der Waals surface area contributed by atoms with Crippen LogP contribution in [0.1, 0.15) is 6.42 Å². The number of carbonyl (C=O) groups is 4. The van der Waals surface area contributed by atoms with Gasteiger partial charge >= 0.3 is 12.0 Å². The number of nitrogens with two attached hydrogens (primary N) is 1. The molecule has 1 heterocycles. The average Bonchev–Trinajstić information content (AvgIpc) is 2.83. The number of rotatable bonds is 5. The number of aliphatic carboxylic acids is 1. The molecule has 19 heavy (non-hydrogen) atoms. The molecule has 9 heteroatoms. The molecule has 1 rings (SSSR count). The van der Waals surface area contributed by atoms with Crippen LogP contribution in [0.2, 0.25) is 0 Å². The Bertz CT molecular complexity index is 397. The third-order valence-corrected chi connectivity index (χ3v) is 2.71. The van der Waals surface area contributed by atoms with Gasteiger partial charge in [0.15, 0.2) is 0 Å². The summed E-state index contributed by atoms with van der Waals surface area (Å²) in [4.78, 5) is 45.3. The van der Waals surface area contributed by atoms with E-state index >= 15 is 0 Å². The zero-order chi connectivity index (χ0) is 14.4. The Labute approximate surface area is 109 Å². The molecule has 0 spiro atoms. The van der Waals surface area contributed by atoms with Crippen LogP contribution in [0, 0.1) is 5.92 Å². The van der Waals surface area contributed by atoms with Gasteiger partial charge in [-0.15, -0.1) is 0 Å². The van der Waals surface area contributed by atoms with E-state index in [9.17, 15) is 19.2 Å². The van der Waals surface area contributed by atoms with E-state index in [4.69, 9.17) is 10.8 Å². The maximum Gasteiger partial charge on any atom is 0.322 e. The SMILES string of the molecule is NC(=O)C1CCN(C(=O)NCC(=O)NCC(=O)O)C1. The smallest absolute Gasteiger partial charge is 0.322 e. The fourth-order valence-corrected chi connectivity index (χ4v) is 1.68. The van der Waals surface area contributed by atoms with Crippen LogP contribution in [0.15, 0.2) is 0 Å². The lowest BCUT2D eigenvalue weighted by Gasteiger charge is -2.16. The molecule has 4 amide bonds. The molecule has 0 aromatic heterocycles. The predicted molar refractivity (Wildman–Crippen MR) is 62.9 cm³/mol. The molecule has 5 N–H and O–H groups in total. The highest BCUT2D eigenvalue weighted by atomic mass is 16.4. The Morgan fingerprint density at radius 1 is 1.21 bits per heavy atom. The van der Waals surface area contributed by atoms with Crippen LogP contribution in [0.3, 0.4) is 0 Å². The number of primary amides is 1. The Hall–Kier alpha value is -2.32. The molecular formula is C10H16N4O5. The molecule has 0 aliphatic carbocycles. The predicted octanol–water partition coefficient (Wildman–Crippen LogP) is -2.30. The zero-order valence-electron chi connectivity index (χ0n) is 10.2. The summed E-state index contributed by atoms with van der Waals surface area (Å²) in [5, 5.41) is 12.8. The van der Waals surface area contributed by atoms with Crippen molar-refractivity contribution in [3.63, 3.8) is 0 Å². The molecule has 0 saturated carbocycles. The first kappa shape index (κ1) is 14.7. The number of hydrogen-bond acceptors (Lipinski definition) is 4. The van der Waals surface area contributed by atoms with E-state index in [1.54, 1.807) is 0 Å². The second kappa shape index (κ2) is 6.57. The molecule has 9 nitrogen and oxygen atoms in total. The second-order valence-electron chi connectivity index (χ2n) is 4.16. The molecular weight excluding hydrogens is 256 g/mol. The van der Waals surface area contributed by atoms with Crippen LogP contribution in [0.5, 0.6) is 0 Å². The van der Waals surface area contributed by atoms with Crippen molar-refractivity contribution in [3.05, 3.63) is 0 Å². The van der Waals surface area contributed by atoms with Crippen molar-refractivity contribution in [2.45, 2.75) is 6.42 Å². The number of nitrogens with one attached hydrogen (secondary N) is 2. The standard InChI is InChI=1S/C10H16N4O5/c11-9(18)6-1-2-14(5-6)10(19)13-3-7(15)12-4-8(16)17/h6H,1-5H2,(H2,11,18)(H,12,15)(H,13,19)(H,16,17). The lowest BCUT2D eigenvalue weighted by Crippen LogP contribution is -2.44. The molecule has 0 bridgehead atoms. The molecule has 1 unspecified atom stereocenters. The van der Waals surface area contributed by atoms with Gasteiger partial charge in [0, 0.05) is 13.1 Å². The fourth-order valence-electron chi connectivity index (χ4n) is 1.68. The summed E-state index contributed by atoms with van der Waals surface area (Å²) in [5.74, 6) is -2.56. The average molecular weight is 272 g/mol. The van der Waals surface area contributed by atoms with Gasteiger partial charge in [0.05, 0.1) is 12.5 Å². The van der Waals surface area contributed by atoms with Crippen molar-refractivity contribution in [2.75, 3.05) is 26.2 Å². The summed E-state index contributed by atoms with van der Waals surface area (Å²) >= 11 is 0. The van der Waals surface area contributed by atoms with Crippen molar-refractivity contribution in [2.24, 2.45) is 11.7 Å². The van der Waals surface area contributed by atoms with Crippen LogP contribution in [0.4, 0.5) is 4.79 Å². The van der Waals surface area contributed by atoms with E-state index in [1.165, 1.54) is 4.90 Å². The van der Waals surface area contributed by atoms with Gasteiger partial charge in [0.25, 0.3) is 0 Å². The monoisotopic (exact) mass is 272 g/mol. The van der Waals surface area contributed by atoms with E-state index in [1.807, 2.05) is 0 Å². The molecule has 1 aliphatic heterocycles. The minimum absolute atomic E-state index is 0.234. The maximum absolute atomic E-state index is 11.6. The van der Waals surface area contributed by atoms with Crippen molar-refractivity contribution in [1.82, 2.24) is 15.5 Å². The first-order chi connectivity index (χ1) is 8.90. The number of carboxylic acids is 1. The number of likely N-dealkylation sites (tertiary alicyclic amines) is 1. The first-order valence-electron chi connectivity index (χ1n) is 5.70. The second-order valence-corrected chi connectivity index (χ2v) is 4.16. The largest absolute Gasteiger partial charge is 0.480 e. The van der Waals surface area contributed by atoms with Gasteiger partial charge in [0.2, 0.25) is 11.8 Å². The van der Waals surface area contributed by atoms with Crippen LogP contribution >= 0.6 is 0 Å². The summed E-state index contributed by atoms with van der Waals surface area (Å²) in [6.45, 7) is -0.180. The summed E-state index contributed by atoms with van der Waals surface area (Å²) < 4.78 is 0. The molecule has 0 radical (unpaired) electrons. The highest BCUT2D eigenvalue weighted by Crippen LogP contribution is 2.15. The molecule has 1 fully saturated rings. The van der Waals surface area contributed by atoms with Crippen LogP contribution in [-0.4, -0.2) is 60.0 Å². The van der Waals surface area contributed by atoms with Crippen molar-refractivity contribution in [1.29, 1.82) is 0 Å². The third-order valence-electron chi connectivity index (χ3n) is 2.71. The summed E-state index contributed by atoms with van der Waals surface area (Å²) in [5.41, 5.74) is 5.13. The van der Waals surface area contributed by atoms with Gasteiger partial charge in [-0.05, 0) is 6.42 Å². The van der Waals surface area contributed by atoms with Crippen molar-refractivity contribution >= 4 is 23.8 Å². The van der Waals surface area contributed by atoms with Crippen LogP contribution < -0.4 is 16.4 Å². The number of hydrogen-bond donors (Lipinski definition) is 4. The maximum atomic E-state index is 11.6. The van der Waals surface area contributed by atoms with E-state index < -0.39 is 30.4 Å². The zero-order valence-corrected chi connectivity index (χ0v) is 10.2. The van der Waals surface area contributed by atoms with E-state index in [-0.39, 0.29) is 19.0 Å². The molecule has 1 aliphatic rings. The van der Waals surface area contributed by atoms with E-state index in [2.05, 4.69) is 10.6 Å². The van der Waals surface area contributed by atoms with Crippen molar-refractivity contribution < 1.29 is 24.3 Å². The van der Waals surface area contributed by atoms with Crippen LogP contribution in [-0.2, 0) is 14.4 Å². The van der Waals surface area contributed by atoms with Crippen LogP contribution in [0.25, 0.3) is 0 Å². The summed E-state index contributed by atoms with van der Waals surface area (Å²) in [6, 6.07) is -0.478. The minimum Gasteiger partial charge on any atom is -0.480 e. The molecule has 106 valence electrons. The molecule has 1 atom stereocenters. The van der Waals surface area contributed by atoms with Gasteiger partial charge in [-0.2, -0.15) is 0 Å². The van der Waals surface area contributed by atoms with Crippen molar-refractivity contribution in [3.8, 4) is 0 Å².